The van der Waals surface area contributed by atoms with Gasteiger partial charge in [0.25, 0.3) is 0 Å². The fourth-order valence-corrected chi connectivity index (χ4v) is 2.62. The Kier molecular flexibility index (Phi) is 4.57. The summed E-state index contributed by atoms with van der Waals surface area (Å²) in [7, 11) is 1.93. The number of carbonyl (C=O) groups excluding carboxylic acids is 1. The molecule has 0 saturated heterocycles. The van der Waals surface area contributed by atoms with Gasteiger partial charge in [0.15, 0.2) is 5.16 Å². The van der Waals surface area contributed by atoms with Crippen LogP contribution in [0.4, 0.5) is 0 Å². The molecule has 6 nitrogen and oxygen atoms in total. The molecule has 1 fully saturated rings. The van der Waals surface area contributed by atoms with Crippen molar-refractivity contribution in [3.05, 3.63) is 5.82 Å². The van der Waals surface area contributed by atoms with E-state index in [1.54, 1.807) is 6.92 Å². The van der Waals surface area contributed by atoms with E-state index in [9.17, 15) is 10.1 Å². The molecule has 2 rings (SSSR count). The molecule has 21 heavy (non-hydrogen) atoms. The molecule has 1 unspecified atom stereocenters. The number of rotatable bonds is 6. The number of carbonyl (C=O) groups is 1. The summed E-state index contributed by atoms with van der Waals surface area (Å²) in [6.07, 6.45) is 2.35. The second-order valence-electron chi connectivity index (χ2n) is 5.98. The molecule has 1 aromatic heterocycles. The van der Waals surface area contributed by atoms with Crippen LogP contribution in [0.1, 0.15) is 45.4 Å². The Morgan fingerprint density at radius 2 is 2.24 bits per heavy atom. The van der Waals surface area contributed by atoms with E-state index in [2.05, 4.69) is 21.6 Å². The minimum Gasteiger partial charge on any atom is -0.337 e. The monoisotopic (exact) mass is 307 g/mol. The van der Waals surface area contributed by atoms with Gasteiger partial charge in [0, 0.05) is 13.0 Å². The Morgan fingerprint density at radius 1 is 1.57 bits per heavy atom. The van der Waals surface area contributed by atoms with Crippen molar-refractivity contribution in [3.8, 4) is 6.07 Å². The molecule has 0 bridgehead atoms. The number of thioether (sulfide) groups is 1. The second-order valence-corrected chi connectivity index (χ2v) is 6.92. The lowest BCUT2D eigenvalue weighted by molar-refractivity contribution is -0.120. The van der Waals surface area contributed by atoms with Crippen LogP contribution in [-0.4, -0.2) is 32.0 Å². The Morgan fingerprint density at radius 3 is 2.76 bits per heavy atom. The van der Waals surface area contributed by atoms with Crippen LogP contribution in [0.2, 0.25) is 0 Å². The van der Waals surface area contributed by atoms with E-state index in [-0.39, 0.29) is 17.6 Å². The van der Waals surface area contributed by atoms with Gasteiger partial charge < -0.3 is 9.88 Å². The first kappa shape index (κ1) is 15.8. The molecule has 1 N–H and O–H groups in total. The van der Waals surface area contributed by atoms with Gasteiger partial charge >= 0.3 is 0 Å². The van der Waals surface area contributed by atoms with Gasteiger partial charge in [-0.2, -0.15) is 5.26 Å². The number of hydrogen-bond acceptors (Lipinski definition) is 5. The quantitative estimate of drug-likeness (QED) is 0.811. The van der Waals surface area contributed by atoms with E-state index < -0.39 is 5.54 Å². The van der Waals surface area contributed by atoms with Gasteiger partial charge in [-0.1, -0.05) is 25.6 Å². The number of amides is 1. The Labute approximate surface area is 129 Å². The van der Waals surface area contributed by atoms with Crippen molar-refractivity contribution in [2.24, 2.45) is 13.0 Å². The summed E-state index contributed by atoms with van der Waals surface area (Å²) in [4.78, 5) is 12.0. The van der Waals surface area contributed by atoms with Crippen LogP contribution in [0.25, 0.3) is 0 Å². The molecular formula is C14H21N5OS. The molecule has 1 atom stereocenters. The molecule has 0 aliphatic heterocycles. The molecule has 1 aliphatic carbocycles. The van der Waals surface area contributed by atoms with Crippen molar-refractivity contribution in [2.75, 3.05) is 5.75 Å². The summed E-state index contributed by atoms with van der Waals surface area (Å²) in [5.41, 5.74) is -0.837. The molecule has 1 amide bonds. The van der Waals surface area contributed by atoms with Crippen LogP contribution in [0.5, 0.6) is 0 Å². The average Bonchev–Trinajstić information content (AvgIpc) is 3.20. The van der Waals surface area contributed by atoms with Crippen LogP contribution in [0.15, 0.2) is 5.16 Å². The van der Waals surface area contributed by atoms with Gasteiger partial charge in [0.2, 0.25) is 5.91 Å². The van der Waals surface area contributed by atoms with E-state index in [0.29, 0.717) is 5.92 Å². The molecule has 1 heterocycles. The standard InChI is InChI=1S/C14H21N5OS/c1-9(2)14(3,8-15)16-11(20)7-21-13-18-17-12(19(13)4)10-5-6-10/h9-10H,5-7H2,1-4H3,(H,16,20). The summed E-state index contributed by atoms with van der Waals surface area (Å²) >= 11 is 1.35. The van der Waals surface area contributed by atoms with E-state index in [0.717, 1.165) is 11.0 Å². The van der Waals surface area contributed by atoms with Crippen LogP contribution in [-0.2, 0) is 11.8 Å². The zero-order valence-corrected chi connectivity index (χ0v) is 13.7. The molecule has 1 aromatic rings. The number of nitrogens with zero attached hydrogens (tertiary/aromatic N) is 4. The van der Waals surface area contributed by atoms with E-state index >= 15 is 0 Å². The summed E-state index contributed by atoms with van der Waals surface area (Å²) in [5, 5.41) is 21.1. The van der Waals surface area contributed by atoms with Gasteiger partial charge in [-0.15, -0.1) is 10.2 Å². The topological polar surface area (TPSA) is 83.6 Å². The third-order valence-corrected chi connectivity index (χ3v) is 4.95. The van der Waals surface area contributed by atoms with Gasteiger partial charge in [0.05, 0.1) is 11.8 Å². The Balaban J connectivity index is 1.91. The van der Waals surface area contributed by atoms with Gasteiger partial charge in [-0.05, 0) is 25.7 Å². The lowest BCUT2D eigenvalue weighted by Gasteiger charge is -2.27. The maximum absolute atomic E-state index is 12.0. The Hall–Kier alpha value is -1.55. The van der Waals surface area contributed by atoms with Crippen molar-refractivity contribution < 1.29 is 4.79 Å². The highest BCUT2D eigenvalue weighted by Gasteiger charge is 2.31. The second kappa shape index (κ2) is 6.06. The lowest BCUT2D eigenvalue weighted by Crippen LogP contribution is -2.49. The third-order valence-electron chi connectivity index (χ3n) is 3.93. The molecular weight excluding hydrogens is 286 g/mol. The first-order valence-electron chi connectivity index (χ1n) is 7.11. The average molecular weight is 307 g/mol. The van der Waals surface area contributed by atoms with Crippen molar-refractivity contribution in [2.45, 2.75) is 50.2 Å². The number of hydrogen-bond donors (Lipinski definition) is 1. The molecule has 114 valence electrons. The molecule has 1 saturated carbocycles. The molecule has 0 spiro atoms. The van der Waals surface area contributed by atoms with Crippen molar-refractivity contribution >= 4 is 17.7 Å². The van der Waals surface area contributed by atoms with Gasteiger partial charge in [-0.3, -0.25) is 4.79 Å². The first-order valence-corrected chi connectivity index (χ1v) is 8.10. The summed E-state index contributed by atoms with van der Waals surface area (Å²) in [5.74, 6) is 1.66. The fraction of sp³-hybridized carbons (Fsp3) is 0.714. The smallest absolute Gasteiger partial charge is 0.231 e. The maximum Gasteiger partial charge on any atom is 0.231 e. The SMILES string of the molecule is CC(C)C(C)(C#N)NC(=O)CSc1nnc(C2CC2)n1C. The van der Waals surface area contributed by atoms with Crippen LogP contribution in [0.3, 0.4) is 0 Å². The van der Waals surface area contributed by atoms with Crippen molar-refractivity contribution in [3.63, 3.8) is 0 Å². The zero-order valence-electron chi connectivity index (χ0n) is 12.9. The van der Waals surface area contributed by atoms with Gasteiger partial charge in [0.1, 0.15) is 11.4 Å². The highest BCUT2D eigenvalue weighted by Crippen LogP contribution is 2.39. The molecule has 7 heteroatoms. The van der Waals surface area contributed by atoms with Crippen LogP contribution < -0.4 is 5.32 Å². The van der Waals surface area contributed by atoms with Crippen molar-refractivity contribution in [1.29, 1.82) is 5.26 Å². The summed E-state index contributed by atoms with van der Waals surface area (Å²) in [6, 6.07) is 2.17. The zero-order chi connectivity index (χ0) is 15.6. The first-order chi connectivity index (χ1) is 9.87. The Bertz CT molecular complexity index is 572. The molecule has 0 radical (unpaired) electrons. The fourth-order valence-electron chi connectivity index (χ4n) is 1.91. The number of aromatic nitrogens is 3. The maximum atomic E-state index is 12.0. The molecule has 0 aromatic carbocycles. The normalized spacial score (nSPS) is 17.3. The van der Waals surface area contributed by atoms with E-state index in [1.165, 1.54) is 24.6 Å². The number of nitriles is 1. The minimum atomic E-state index is -0.837. The predicted molar refractivity (Wildman–Crippen MR) is 80.7 cm³/mol. The molecule has 1 aliphatic rings. The van der Waals surface area contributed by atoms with Gasteiger partial charge in [-0.25, -0.2) is 0 Å². The largest absolute Gasteiger partial charge is 0.337 e. The highest BCUT2D eigenvalue weighted by atomic mass is 32.2. The van der Waals surface area contributed by atoms with Crippen molar-refractivity contribution in [1.82, 2.24) is 20.1 Å². The van der Waals surface area contributed by atoms with E-state index in [1.807, 2.05) is 25.5 Å². The predicted octanol–water partition coefficient (Wildman–Crippen LogP) is 1.84. The van der Waals surface area contributed by atoms with Crippen LogP contribution in [0, 0.1) is 17.2 Å². The summed E-state index contributed by atoms with van der Waals surface area (Å²) < 4.78 is 1.96. The number of nitrogens with one attached hydrogen (secondary N) is 1. The lowest BCUT2D eigenvalue weighted by atomic mass is 9.90. The summed E-state index contributed by atoms with van der Waals surface area (Å²) in [6.45, 7) is 5.58. The third kappa shape index (κ3) is 3.56. The van der Waals surface area contributed by atoms with E-state index in [4.69, 9.17) is 0 Å². The minimum absolute atomic E-state index is 0.0488. The van der Waals surface area contributed by atoms with Crippen LogP contribution >= 0.6 is 11.8 Å². The highest BCUT2D eigenvalue weighted by molar-refractivity contribution is 7.99.